The van der Waals surface area contributed by atoms with Crippen molar-refractivity contribution in [2.24, 2.45) is 7.05 Å². The number of nitrogens with one attached hydrogen (secondary N) is 1. The Bertz CT molecular complexity index is 758. The summed E-state index contributed by atoms with van der Waals surface area (Å²) in [6.07, 6.45) is 4.56. The number of carbonyl (C=O) groups is 1. The molecular weight excluding hydrogens is 316 g/mol. The number of likely N-dealkylation sites (tertiary alicyclic amines) is 1. The third-order valence-corrected chi connectivity index (χ3v) is 5.25. The smallest absolute Gasteiger partial charge is 0.410 e. The number of piperidine rings is 1. The summed E-state index contributed by atoms with van der Waals surface area (Å²) in [4.78, 5) is 19.0. The van der Waals surface area contributed by atoms with Crippen LogP contribution in [0.25, 0.3) is 0 Å². The van der Waals surface area contributed by atoms with Crippen molar-refractivity contribution >= 4 is 6.09 Å². The van der Waals surface area contributed by atoms with Crippen LogP contribution in [0.2, 0.25) is 0 Å². The molecule has 1 saturated heterocycles. The molecule has 0 saturated carbocycles. The number of hydrogen-bond acceptors (Lipinski definition) is 4. The number of aromatic nitrogens is 2. The van der Waals surface area contributed by atoms with E-state index in [0.717, 1.165) is 43.6 Å². The molecule has 6 heteroatoms. The highest BCUT2D eigenvalue weighted by molar-refractivity contribution is 5.68. The quantitative estimate of drug-likeness (QED) is 0.910. The molecule has 6 nitrogen and oxygen atoms in total. The molecule has 2 aliphatic heterocycles. The van der Waals surface area contributed by atoms with Crippen LogP contribution in [-0.2, 0) is 30.4 Å². The largest absolute Gasteiger partial charge is 0.445 e. The Kier molecular flexibility index (Phi) is 4.21. The first-order valence-corrected chi connectivity index (χ1v) is 8.89. The average Bonchev–Trinajstić information content (AvgIpc) is 3.03. The van der Waals surface area contributed by atoms with Crippen molar-refractivity contribution in [2.75, 3.05) is 19.6 Å². The summed E-state index contributed by atoms with van der Waals surface area (Å²) in [5, 5.41) is 3.67. The molecule has 2 aromatic rings. The maximum atomic E-state index is 12.6. The molecule has 1 spiro atoms. The Labute approximate surface area is 147 Å². The van der Waals surface area contributed by atoms with E-state index in [1.54, 1.807) is 0 Å². The second-order valence-corrected chi connectivity index (χ2v) is 6.97. The molecule has 3 heterocycles. The van der Waals surface area contributed by atoms with E-state index in [1.165, 1.54) is 5.69 Å². The van der Waals surface area contributed by atoms with Crippen LogP contribution in [-0.4, -0.2) is 40.2 Å². The van der Waals surface area contributed by atoms with Gasteiger partial charge in [0.1, 0.15) is 6.61 Å². The van der Waals surface area contributed by atoms with Crippen LogP contribution >= 0.6 is 0 Å². The highest BCUT2D eigenvalue weighted by atomic mass is 16.6. The lowest BCUT2D eigenvalue weighted by Crippen LogP contribution is -2.59. The van der Waals surface area contributed by atoms with Crippen molar-refractivity contribution in [3.63, 3.8) is 0 Å². The van der Waals surface area contributed by atoms with Gasteiger partial charge in [0.25, 0.3) is 0 Å². The summed E-state index contributed by atoms with van der Waals surface area (Å²) >= 11 is 0. The van der Waals surface area contributed by atoms with Gasteiger partial charge in [-0.15, -0.1) is 0 Å². The predicted octanol–water partition coefficient (Wildman–Crippen LogP) is 2.19. The first kappa shape index (κ1) is 16.1. The first-order chi connectivity index (χ1) is 12.2. The van der Waals surface area contributed by atoms with Gasteiger partial charge in [-0.25, -0.2) is 9.78 Å². The van der Waals surface area contributed by atoms with Crippen molar-refractivity contribution in [2.45, 2.75) is 31.4 Å². The van der Waals surface area contributed by atoms with Gasteiger partial charge in [-0.05, 0) is 18.4 Å². The number of carbonyl (C=O) groups excluding carboxylic acids is 1. The highest BCUT2D eigenvalue weighted by Crippen LogP contribution is 2.35. The fourth-order valence-electron chi connectivity index (χ4n) is 4.14. The zero-order valence-electron chi connectivity index (χ0n) is 14.6. The van der Waals surface area contributed by atoms with Crippen molar-refractivity contribution in [3.8, 4) is 0 Å². The van der Waals surface area contributed by atoms with E-state index in [-0.39, 0.29) is 11.6 Å². The molecule has 1 aromatic heterocycles. The van der Waals surface area contributed by atoms with Gasteiger partial charge in [-0.2, -0.15) is 0 Å². The molecule has 0 bridgehead atoms. The number of hydrogen-bond donors (Lipinski definition) is 1. The summed E-state index contributed by atoms with van der Waals surface area (Å²) in [5.74, 6) is 0. The van der Waals surface area contributed by atoms with Crippen LogP contribution in [0.15, 0.2) is 36.7 Å². The Morgan fingerprint density at radius 2 is 2.20 bits per heavy atom. The van der Waals surface area contributed by atoms with Gasteiger partial charge in [-0.3, -0.25) is 0 Å². The van der Waals surface area contributed by atoms with E-state index >= 15 is 0 Å². The maximum Gasteiger partial charge on any atom is 0.410 e. The van der Waals surface area contributed by atoms with Gasteiger partial charge in [0, 0.05) is 33.1 Å². The molecule has 1 amide bonds. The number of nitrogens with zero attached hydrogens (tertiary/aromatic N) is 3. The van der Waals surface area contributed by atoms with Crippen LogP contribution < -0.4 is 5.32 Å². The molecule has 25 heavy (non-hydrogen) atoms. The lowest BCUT2D eigenvalue weighted by molar-refractivity contribution is 0.0610. The minimum absolute atomic E-state index is 0.206. The van der Waals surface area contributed by atoms with E-state index < -0.39 is 0 Å². The topological polar surface area (TPSA) is 59.4 Å². The van der Waals surface area contributed by atoms with Gasteiger partial charge in [-0.1, -0.05) is 30.3 Å². The molecule has 4 rings (SSSR count). The highest BCUT2D eigenvalue weighted by Gasteiger charge is 2.44. The summed E-state index contributed by atoms with van der Waals surface area (Å²) in [7, 11) is 2.03. The Morgan fingerprint density at radius 1 is 1.36 bits per heavy atom. The Morgan fingerprint density at radius 3 is 3.04 bits per heavy atom. The van der Waals surface area contributed by atoms with Crippen LogP contribution in [0.1, 0.15) is 29.8 Å². The van der Waals surface area contributed by atoms with E-state index in [1.807, 2.05) is 48.6 Å². The Balaban J connectivity index is 1.48. The number of ether oxygens (including phenoxy) is 1. The van der Waals surface area contributed by atoms with Crippen molar-refractivity contribution < 1.29 is 9.53 Å². The normalized spacial score (nSPS) is 22.7. The molecule has 1 N–H and O–H groups in total. The fraction of sp³-hybridized carbons (Fsp3) is 0.474. The summed E-state index contributed by atoms with van der Waals surface area (Å²) in [6, 6.07) is 9.80. The molecule has 1 unspecified atom stereocenters. The molecule has 0 radical (unpaired) electrons. The number of aryl methyl sites for hydroxylation is 1. The molecular formula is C19H24N4O2. The third kappa shape index (κ3) is 3.02. The van der Waals surface area contributed by atoms with E-state index in [2.05, 4.69) is 14.9 Å². The second kappa shape index (κ2) is 6.52. The fourth-order valence-corrected chi connectivity index (χ4v) is 4.14. The molecule has 2 aliphatic rings. The van der Waals surface area contributed by atoms with Gasteiger partial charge >= 0.3 is 6.09 Å². The van der Waals surface area contributed by atoms with Gasteiger partial charge in [0.2, 0.25) is 0 Å². The van der Waals surface area contributed by atoms with Crippen molar-refractivity contribution in [1.29, 1.82) is 0 Å². The van der Waals surface area contributed by atoms with Crippen LogP contribution in [0.4, 0.5) is 4.79 Å². The average molecular weight is 340 g/mol. The number of fused-ring (bicyclic) bond motifs is 2. The van der Waals surface area contributed by atoms with Crippen molar-refractivity contribution in [1.82, 2.24) is 19.8 Å². The first-order valence-electron chi connectivity index (χ1n) is 8.89. The second-order valence-electron chi connectivity index (χ2n) is 6.97. The molecule has 1 aromatic carbocycles. The zero-order chi connectivity index (χ0) is 17.3. The minimum atomic E-state index is -0.237. The molecule has 1 atom stereocenters. The van der Waals surface area contributed by atoms with Crippen LogP contribution in [0, 0.1) is 0 Å². The number of benzene rings is 1. The number of rotatable bonds is 2. The summed E-state index contributed by atoms with van der Waals surface area (Å²) in [5.41, 5.74) is 3.18. The zero-order valence-corrected chi connectivity index (χ0v) is 14.6. The van der Waals surface area contributed by atoms with Gasteiger partial charge < -0.3 is 19.5 Å². The number of imidazole rings is 1. The molecule has 132 valence electrons. The minimum Gasteiger partial charge on any atom is -0.445 e. The van der Waals surface area contributed by atoms with Crippen LogP contribution in [0.3, 0.4) is 0 Å². The monoisotopic (exact) mass is 340 g/mol. The maximum absolute atomic E-state index is 12.6. The van der Waals surface area contributed by atoms with E-state index in [9.17, 15) is 4.79 Å². The van der Waals surface area contributed by atoms with Crippen molar-refractivity contribution in [3.05, 3.63) is 53.6 Å². The molecule has 1 fully saturated rings. The van der Waals surface area contributed by atoms with Gasteiger partial charge in [0.05, 0.1) is 23.3 Å². The van der Waals surface area contributed by atoms with Gasteiger partial charge in [0.15, 0.2) is 0 Å². The number of amides is 1. The van der Waals surface area contributed by atoms with E-state index in [0.29, 0.717) is 13.2 Å². The SMILES string of the molecule is Cn1cnc2c1C1(CCCN(C(=O)OCc3ccccc3)C1)NCC2. The lowest BCUT2D eigenvalue weighted by Gasteiger charge is -2.45. The third-order valence-electron chi connectivity index (χ3n) is 5.25. The van der Waals surface area contributed by atoms with E-state index in [4.69, 9.17) is 4.74 Å². The molecule has 0 aliphatic carbocycles. The standard InChI is InChI=1S/C19H24N4O2/c1-22-14-20-16-8-10-21-19(17(16)22)9-5-11-23(13-19)18(24)25-12-15-6-3-2-4-7-15/h2-4,6-7,14,21H,5,8-13H2,1H3. The van der Waals surface area contributed by atoms with Crippen LogP contribution in [0.5, 0.6) is 0 Å². The summed E-state index contributed by atoms with van der Waals surface area (Å²) in [6.45, 7) is 2.59. The lowest BCUT2D eigenvalue weighted by atomic mass is 9.82. The summed E-state index contributed by atoms with van der Waals surface area (Å²) < 4.78 is 7.64. The predicted molar refractivity (Wildman–Crippen MR) is 94.0 cm³/mol. The Hall–Kier alpha value is -2.34.